The van der Waals surface area contributed by atoms with Crippen LogP contribution in [0.25, 0.3) is 0 Å². The molecule has 0 saturated carbocycles. The van der Waals surface area contributed by atoms with Gasteiger partial charge in [-0.25, -0.2) is 5.48 Å². The van der Waals surface area contributed by atoms with Gasteiger partial charge in [-0.2, -0.15) is 0 Å². The van der Waals surface area contributed by atoms with Crippen molar-refractivity contribution in [3.63, 3.8) is 0 Å². The number of ether oxygens (including phenoxy) is 1. The Morgan fingerprint density at radius 1 is 1.00 bits per heavy atom. The second-order valence-electron chi connectivity index (χ2n) is 9.27. The summed E-state index contributed by atoms with van der Waals surface area (Å²) in [5.74, 6) is -0.202. The van der Waals surface area contributed by atoms with Gasteiger partial charge in [0.15, 0.2) is 0 Å². The maximum absolute atomic E-state index is 12.8. The normalized spacial score (nSPS) is 14.8. The van der Waals surface area contributed by atoms with Gasteiger partial charge in [-0.3, -0.25) is 29.6 Å². The summed E-state index contributed by atoms with van der Waals surface area (Å²) in [5.41, 5.74) is 6.31. The Hall–Kier alpha value is -3.79. The zero-order chi connectivity index (χ0) is 26.2. The van der Waals surface area contributed by atoms with Gasteiger partial charge < -0.3 is 10.1 Å². The molecular formula is C28H33N5O4. The molecule has 2 amide bonds. The monoisotopic (exact) mass is 503 g/mol. The van der Waals surface area contributed by atoms with E-state index in [1.54, 1.807) is 29.7 Å². The maximum atomic E-state index is 12.8. The molecule has 1 aromatic heterocycles. The van der Waals surface area contributed by atoms with Crippen LogP contribution >= 0.6 is 0 Å². The molecule has 1 aliphatic rings. The molecule has 37 heavy (non-hydrogen) atoms. The van der Waals surface area contributed by atoms with E-state index >= 15 is 0 Å². The van der Waals surface area contributed by atoms with Gasteiger partial charge in [0.1, 0.15) is 18.4 Å². The fraction of sp³-hybridized carbons (Fsp3) is 0.321. The second kappa shape index (κ2) is 12.4. The summed E-state index contributed by atoms with van der Waals surface area (Å²) in [6.45, 7) is 7.15. The first-order valence-electron chi connectivity index (χ1n) is 12.3. The van der Waals surface area contributed by atoms with Gasteiger partial charge in [0, 0.05) is 43.1 Å². The highest BCUT2D eigenvalue weighted by molar-refractivity contribution is 5.94. The average molecular weight is 504 g/mol. The molecule has 3 N–H and O–H groups in total. The molecule has 1 atom stereocenters. The van der Waals surface area contributed by atoms with E-state index in [1.165, 1.54) is 5.56 Å². The van der Waals surface area contributed by atoms with Crippen LogP contribution in [0.5, 0.6) is 5.75 Å². The third-order valence-corrected chi connectivity index (χ3v) is 6.31. The van der Waals surface area contributed by atoms with Crippen LogP contribution in [0.3, 0.4) is 0 Å². The molecule has 1 fully saturated rings. The highest BCUT2D eigenvalue weighted by Gasteiger charge is 2.31. The minimum absolute atomic E-state index is 0.0728. The number of benzene rings is 2. The molecule has 0 bridgehead atoms. The van der Waals surface area contributed by atoms with Gasteiger partial charge in [0.05, 0.1) is 6.67 Å². The smallest absolute Gasteiger partial charge is 0.262 e. The van der Waals surface area contributed by atoms with Crippen LogP contribution in [0.4, 0.5) is 0 Å². The zero-order valence-electron chi connectivity index (χ0n) is 21.2. The summed E-state index contributed by atoms with van der Waals surface area (Å²) in [6.07, 6.45) is 0. The molecule has 2 heterocycles. The molecule has 0 unspecified atom stereocenters. The van der Waals surface area contributed by atoms with E-state index in [0.717, 1.165) is 30.0 Å². The molecule has 4 rings (SSSR count). The number of hydrogen-bond acceptors (Lipinski definition) is 7. The number of aromatic nitrogens is 1. The van der Waals surface area contributed by atoms with Crippen LogP contribution in [0.2, 0.25) is 0 Å². The molecule has 0 spiro atoms. The summed E-state index contributed by atoms with van der Waals surface area (Å²) in [6, 6.07) is 20.3. The maximum Gasteiger partial charge on any atom is 0.262 e. The Morgan fingerprint density at radius 3 is 2.38 bits per heavy atom. The highest BCUT2D eigenvalue weighted by Crippen LogP contribution is 2.16. The number of rotatable bonds is 10. The van der Waals surface area contributed by atoms with E-state index in [-0.39, 0.29) is 12.5 Å². The lowest BCUT2D eigenvalue weighted by Crippen LogP contribution is -2.51. The van der Waals surface area contributed by atoms with E-state index in [0.29, 0.717) is 31.1 Å². The standard InChI is InChI=1S/C28H33N5O4/c1-20-14-23(15-21(2)30-20)18-37-25-10-8-24(9-11-25)27(34)29-16-26(28(35)31-36)33-13-12-32(19-33)17-22-6-4-3-5-7-22/h3-11,14-15,26,36H,12-13,16-19H2,1-2H3,(H,29,34)(H,31,35)/t26-/m0/s1. The highest BCUT2D eigenvalue weighted by atomic mass is 16.5. The van der Waals surface area contributed by atoms with Crippen LogP contribution < -0.4 is 15.5 Å². The van der Waals surface area contributed by atoms with Crippen molar-refractivity contribution in [1.82, 2.24) is 25.6 Å². The molecule has 9 heteroatoms. The summed E-state index contributed by atoms with van der Waals surface area (Å²) in [7, 11) is 0. The number of hydrogen-bond donors (Lipinski definition) is 3. The first kappa shape index (κ1) is 26.3. The van der Waals surface area contributed by atoms with Gasteiger partial charge in [-0.15, -0.1) is 0 Å². The first-order valence-corrected chi connectivity index (χ1v) is 12.3. The van der Waals surface area contributed by atoms with Crippen LogP contribution in [0.1, 0.15) is 32.9 Å². The SMILES string of the molecule is Cc1cc(COc2ccc(C(=O)NC[C@@H](C(=O)NO)N3CCN(Cc4ccccc4)C3)cc2)cc(C)n1. The molecule has 1 aliphatic heterocycles. The lowest BCUT2D eigenvalue weighted by Gasteiger charge is -2.26. The number of pyridine rings is 1. The zero-order valence-corrected chi connectivity index (χ0v) is 21.2. The molecule has 2 aromatic carbocycles. The minimum atomic E-state index is -0.690. The second-order valence-corrected chi connectivity index (χ2v) is 9.27. The third-order valence-electron chi connectivity index (χ3n) is 6.31. The summed E-state index contributed by atoms with van der Waals surface area (Å²) >= 11 is 0. The lowest BCUT2D eigenvalue weighted by molar-refractivity contribution is -0.134. The lowest BCUT2D eigenvalue weighted by atomic mass is 10.2. The Balaban J connectivity index is 1.29. The van der Waals surface area contributed by atoms with Crippen LogP contribution in [0, 0.1) is 13.8 Å². The molecule has 9 nitrogen and oxygen atoms in total. The Bertz CT molecular complexity index is 1180. The fourth-order valence-electron chi connectivity index (χ4n) is 4.52. The summed E-state index contributed by atoms with van der Waals surface area (Å²) in [4.78, 5) is 33.7. The average Bonchev–Trinajstić information content (AvgIpc) is 3.35. The Morgan fingerprint density at radius 2 is 1.70 bits per heavy atom. The molecule has 3 aromatic rings. The third kappa shape index (κ3) is 7.36. The van der Waals surface area contributed by atoms with Crippen molar-refractivity contribution in [3.8, 4) is 5.75 Å². The number of amides is 2. The summed E-state index contributed by atoms with van der Waals surface area (Å²) in [5, 5.41) is 12.1. The molecule has 194 valence electrons. The van der Waals surface area contributed by atoms with Crippen LogP contribution in [-0.4, -0.2) is 64.2 Å². The van der Waals surface area contributed by atoms with Crippen LogP contribution in [0.15, 0.2) is 66.7 Å². The van der Waals surface area contributed by atoms with E-state index in [4.69, 9.17) is 4.74 Å². The first-order chi connectivity index (χ1) is 17.9. The topological polar surface area (TPSA) is 107 Å². The fourth-order valence-corrected chi connectivity index (χ4v) is 4.52. The predicted molar refractivity (Wildman–Crippen MR) is 139 cm³/mol. The number of carbonyl (C=O) groups excluding carboxylic acids is 2. The largest absolute Gasteiger partial charge is 0.489 e. The van der Waals surface area contributed by atoms with Crippen molar-refractivity contribution >= 4 is 11.8 Å². The molecular weight excluding hydrogens is 470 g/mol. The van der Waals surface area contributed by atoms with Crippen molar-refractivity contribution in [3.05, 3.63) is 94.8 Å². The quantitative estimate of drug-likeness (QED) is 0.288. The minimum Gasteiger partial charge on any atom is -0.489 e. The van der Waals surface area contributed by atoms with Gasteiger partial charge >= 0.3 is 0 Å². The van der Waals surface area contributed by atoms with E-state index in [1.807, 2.05) is 49.1 Å². The van der Waals surface area contributed by atoms with Crippen LogP contribution in [-0.2, 0) is 17.9 Å². The van der Waals surface area contributed by atoms with Gasteiger partial charge in [0.25, 0.3) is 11.8 Å². The Labute approximate surface area is 217 Å². The Kier molecular flexibility index (Phi) is 8.84. The number of carbonyl (C=O) groups is 2. The van der Waals surface area contributed by atoms with Gasteiger partial charge in [0.2, 0.25) is 0 Å². The van der Waals surface area contributed by atoms with Crippen molar-refractivity contribution in [2.24, 2.45) is 0 Å². The number of aryl methyl sites for hydroxylation is 2. The van der Waals surface area contributed by atoms with E-state index in [2.05, 4.69) is 27.3 Å². The van der Waals surface area contributed by atoms with Gasteiger partial charge in [-0.1, -0.05) is 30.3 Å². The number of nitrogens with zero attached hydrogens (tertiary/aromatic N) is 3. The van der Waals surface area contributed by atoms with Crippen molar-refractivity contribution < 1.29 is 19.5 Å². The van der Waals surface area contributed by atoms with Gasteiger partial charge in [-0.05, 0) is 61.4 Å². The van der Waals surface area contributed by atoms with Crippen molar-refractivity contribution in [1.29, 1.82) is 0 Å². The van der Waals surface area contributed by atoms with E-state index in [9.17, 15) is 14.8 Å². The summed E-state index contributed by atoms with van der Waals surface area (Å²) < 4.78 is 5.85. The van der Waals surface area contributed by atoms with Crippen molar-refractivity contribution in [2.45, 2.75) is 33.0 Å². The van der Waals surface area contributed by atoms with Crippen molar-refractivity contribution in [2.75, 3.05) is 26.3 Å². The number of hydroxylamine groups is 1. The molecule has 0 aliphatic carbocycles. The number of nitrogens with one attached hydrogen (secondary N) is 2. The molecule has 0 radical (unpaired) electrons. The molecule has 1 saturated heterocycles. The van der Waals surface area contributed by atoms with E-state index < -0.39 is 11.9 Å². The predicted octanol–water partition coefficient (Wildman–Crippen LogP) is 2.66.